The van der Waals surface area contributed by atoms with Gasteiger partial charge in [0.2, 0.25) is 10.0 Å². The summed E-state index contributed by atoms with van der Waals surface area (Å²) in [6, 6.07) is 3.70. The van der Waals surface area contributed by atoms with Crippen molar-refractivity contribution in [2.24, 2.45) is 0 Å². The molecule has 0 bridgehead atoms. The molecule has 0 fully saturated rings. The second-order valence-electron chi connectivity index (χ2n) is 7.72. The molecule has 1 heterocycles. The first-order chi connectivity index (χ1) is 12.8. The predicted octanol–water partition coefficient (Wildman–Crippen LogP) is 0.464. The molecule has 2 amide bonds. The number of carbonyl (C=O) groups is 3. The Labute approximate surface area is 164 Å². The number of imide groups is 1. The first kappa shape index (κ1) is 22.0. The van der Waals surface area contributed by atoms with Gasteiger partial charge in [-0.05, 0) is 53.1 Å². The van der Waals surface area contributed by atoms with Gasteiger partial charge in [0.15, 0.2) is 0 Å². The lowest BCUT2D eigenvalue weighted by molar-refractivity contribution is -0.155. The number of hydrogen-bond acceptors (Lipinski definition) is 7. The van der Waals surface area contributed by atoms with Gasteiger partial charge in [-0.15, -0.1) is 0 Å². The van der Waals surface area contributed by atoms with Crippen molar-refractivity contribution in [3.63, 3.8) is 0 Å². The Kier molecular flexibility index (Phi) is 6.27. The highest BCUT2D eigenvalue weighted by atomic mass is 32.2. The summed E-state index contributed by atoms with van der Waals surface area (Å²) in [6.45, 7) is 5.05. The molecule has 9 nitrogen and oxygen atoms in total. The van der Waals surface area contributed by atoms with Crippen LogP contribution in [-0.2, 0) is 19.6 Å². The average molecular weight is 411 g/mol. The minimum absolute atomic E-state index is 0.00379. The summed E-state index contributed by atoms with van der Waals surface area (Å²) < 4.78 is 32.5. The van der Waals surface area contributed by atoms with Crippen LogP contribution in [0.3, 0.4) is 0 Å². The van der Waals surface area contributed by atoms with E-state index in [1.54, 1.807) is 39.8 Å². The van der Waals surface area contributed by atoms with Crippen LogP contribution < -0.4 is 5.32 Å². The molecule has 2 rings (SSSR count). The summed E-state index contributed by atoms with van der Waals surface area (Å²) in [5.74, 6) is -1.89. The van der Waals surface area contributed by atoms with Gasteiger partial charge >= 0.3 is 5.97 Å². The predicted molar refractivity (Wildman–Crippen MR) is 101 cm³/mol. The van der Waals surface area contributed by atoms with Crippen LogP contribution >= 0.6 is 0 Å². The monoisotopic (exact) mass is 411 g/mol. The van der Waals surface area contributed by atoms with Gasteiger partial charge in [0, 0.05) is 13.1 Å². The summed E-state index contributed by atoms with van der Waals surface area (Å²) in [5.41, 5.74) is -0.632. The van der Waals surface area contributed by atoms with Crippen molar-refractivity contribution in [1.82, 2.24) is 14.5 Å². The van der Waals surface area contributed by atoms with E-state index in [2.05, 4.69) is 5.32 Å². The van der Waals surface area contributed by atoms with Crippen LogP contribution in [0.5, 0.6) is 0 Å². The lowest BCUT2D eigenvalue weighted by Gasteiger charge is -2.25. The fourth-order valence-corrected chi connectivity index (χ4v) is 3.97. The van der Waals surface area contributed by atoms with E-state index in [0.29, 0.717) is 6.54 Å². The molecule has 1 aliphatic rings. The Morgan fingerprint density at radius 2 is 1.68 bits per heavy atom. The molecule has 1 aliphatic heterocycles. The summed E-state index contributed by atoms with van der Waals surface area (Å²) in [6.07, 6.45) is 0. The Balaban J connectivity index is 2.35. The SMILES string of the molecule is CN(C)CCN(CC(=O)OC(C)(C)C)S(=O)(=O)c1ccc2c(c1)C(=O)NC2=O. The van der Waals surface area contributed by atoms with Gasteiger partial charge in [-0.3, -0.25) is 19.7 Å². The van der Waals surface area contributed by atoms with E-state index in [1.165, 1.54) is 12.1 Å². The third kappa shape index (κ3) is 5.15. The fourth-order valence-electron chi connectivity index (χ4n) is 2.57. The maximum atomic E-state index is 13.1. The van der Waals surface area contributed by atoms with Crippen LogP contribution in [-0.4, -0.2) is 74.7 Å². The van der Waals surface area contributed by atoms with Crippen molar-refractivity contribution in [2.75, 3.05) is 33.7 Å². The molecule has 1 aromatic carbocycles. The minimum atomic E-state index is -4.10. The van der Waals surface area contributed by atoms with E-state index in [1.807, 2.05) is 0 Å². The topological polar surface area (TPSA) is 113 Å². The van der Waals surface area contributed by atoms with Crippen molar-refractivity contribution in [3.05, 3.63) is 29.3 Å². The Morgan fingerprint density at radius 1 is 1.07 bits per heavy atom. The second-order valence-corrected chi connectivity index (χ2v) is 9.66. The quantitative estimate of drug-likeness (QED) is 0.512. The zero-order chi connectivity index (χ0) is 21.3. The van der Waals surface area contributed by atoms with Crippen molar-refractivity contribution in [1.29, 1.82) is 0 Å². The third-order valence-electron chi connectivity index (χ3n) is 3.87. The number of benzene rings is 1. The highest BCUT2D eigenvalue weighted by Crippen LogP contribution is 2.23. The van der Waals surface area contributed by atoms with Gasteiger partial charge in [-0.1, -0.05) is 0 Å². The number of hydrogen-bond donors (Lipinski definition) is 1. The number of sulfonamides is 1. The van der Waals surface area contributed by atoms with E-state index in [9.17, 15) is 22.8 Å². The highest BCUT2D eigenvalue weighted by molar-refractivity contribution is 7.89. The fraction of sp³-hybridized carbons (Fsp3) is 0.500. The number of likely N-dealkylation sites (N-methyl/N-ethyl adjacent to an activating group) is 1. The summed E-state index contributed by atoms with van der Waals surface area (Å²) in [7, 11) is -0.533. The standard InChI is InChI=1S/C18H25N3O6S/c1-18(2,3)27-15(22)11-21(9-8-20(4)5)28(25,26)12-6-7-13-14(10-12)17(24)19-16(13)23/h6-7,10H,8-9,11H2,1-5H3,(H,19,23,24). The van der Waals surface area contributed by atoms with Crippen LogP contribution in [0, 0.1) is 0 Å². The molecule has 154 valence electrons. The number of nitrogens with one attached hydrogen (secondary N) is 1. The first-order valence-corrected chi connectivity index (χ1v) is 10.1. The maximum Gasteiger partial charge on any atom is 0.321 e. The number of amides is 2. The molecule has 0 unspecified atom stereocenters. The summed E-state index contributed by atoms with van der Waals surface area (Å²) >= 11 is 0. The molecule has 0 aliphatic carbocycles. The van der Waals surface area contributed by atoms with Crippen LogP contribution in [0.25, 0.3) is 0 Å². The Morgan fingerprint density at radius 3 is 2.25 bits per heavy atom. The summed E-state index contributed by atoms with van der Waals surface area (Å²) in [4.78, 5) is 37.4. The molecule has 0 aromatic heterocycles. The van der Waals surface area contributed by atoms with Gasteiger partial charge in [-0.2, -0.15) is 4.31 Å². The number of carbonyl (C=O) groups excluding carboxylic acids is 3. The summed E-state index contributed by atoms with van der Waals surface area (Å²) in [5, 5.41) is 2.12. The molecule has 0 saturated carbocycles. The van der Waals surface area contributed by atoms with Crippen molar-refractivity contribution in [2.45, 2.75) is 31.3 Å². The molecule has 1 N–H and O–H groups in total. The lowest BCUT2D eigenvalue weighted by Crippen LogP contribution is -2.42. The van der Waals surface area contributed by atoms with Crippen molar-refractivity contribution >= 4 is 27.8 Å². The largest absolute Gasteiger partial charge is 0.459 e. The van der Waals surface area contributed by atoms with Crippen LogP contribution in [0.15, 0.2) is 23.1 Å². The third-order valence-corrected chi connectivity index (χ3v) is 5.71. The van der Waals surface area contributed by atoms with E-state index in [-0.39, 0.29) is 22.6 Å². The van der Waals surface area contributed by atoms with Crippen LogP contribution in [0.4, 0.5) is 0 Å². The zero-order valence-corrected chi connectivity index (χ0v) is 17.4. The minimum Gasteiger partial charge on any atom is -0.459 e. The number of esters is 1. The number of fused-ring (bicyclic) bond motifs is 1. The second kappa shape index (κ2) is 7.98. The van der Waals surface area contributed by atoms with E-state index in [4.69, 9.17) is 4.74 Å². The van der Waals surface area contributed by atoms with Gasteiger partial charge in [0.05, 0.1) is 16.0 Å². The van der Waals surface area contributed by atoms with Crippen LogP contribution in [0.1, 0.15) is 41.5 Å². The molecule has 10 heteroatoms. The smallest absolute Gasteiger partial charge is 0.321 e. The van der Waals surface area contributed by atoms with Crippen LogP contribution in [0.2, 0.25) is 0 Å². The molecule has 0 saturated heterocycles. The van der Waals surface area contributed by atoms with Crippen molar-refractivity contribution < 1.29 is 27.5 Å². The molecular formula is C18H25N3O6S. The van der Waals surface area contributed by atoms with Crippen molar-refractivity contribution in [3.8, 4) is 0 Å². The van der Waals surface area contributed by atoms with Gasteiger partial charge in [0.1, 0.15) is 12.1 Å². The molecule has 28 heavy (non-hydrogen) atoms. The molecule has 0 spiro atoms. The molecule has 1 aromatic rings. The van der Waals surface area contributed by atoms with E-state index < -0.39 is 40.0 Å². The van der Waals surface area contributed by atoms with Gasteiger partial charge in [-0.25, -0.2) is 8.42 Å². The zero-order valence-electron chi connectivity index (χ0n) is 16.6. The van der Waals surface area contributed by atoms with Gasteiger partial charge < -0.3 is 9.64 Å². The Hall–Kier alpha value is -2.30. The maximum absolute atomic E-state index is 13.1. The number of rotatable bonds is 7. The first-order valence-electron chi connectivity index (χ1n) is 8.68. The molecule has 0 radical (unpaired) electrons. The highest BCUT2D eigenvalue weighted by Gasteiger charge is 2.32. The Bertz CT molecular complexity index is 902. The lowest BCUT2D eigenvalue weighted by atomic mass is 10.1. The molecular weight excluding hydrogens is 386 g/mol. The van der Waals surface area contributed by atoms with E-state index >= 15 is 0 Å². The number of nitrogens with zero attached hydrogens (tertiary/aromatic N) is 2. The molecule has 0 atom stereocenters. The normalized spacial score (nSPS) is 14.4. The van der Waals surface area contributed by atoms with E-state index in [0.717, 1.165) is 10.4 Å². The van der Waals surface area contributed by atoms with Gasteiger partial charge in [0.25, 0.3) is 11.8 Å². The average Bonchev–Trinajstić information content (AvgIpc) is 2.83. The number of ether oxygens (including phenoxy) is 1.